The predicted octanol–water partition coefficient (Wildman–Crippen LogP) is 1.37. The topological polar surface area (TPSA) is 34.4 Å². The Kier molecular flexibility index (Phi) is 2.63. The first kappa shape index (κ1) is 9.65. The van der Waals surface area contributed by atoms with E-state index in [1.165, 1.54) is 0 Å². The second kappa shape index (κ2) is 4.09. The van der Waals surface area contributed by atoms with E-state index in [4.69, 9.17) is 0 Å². The molecule has 0 aliphatic heterocycles. The molecule has 2 rings (SSSR count). The Hall–Kier alpha value is -1.90. The minimum absolute atomic E-state index is 0.345. The minimum atomic E-state index is 0.345. The predicted molar refractivity (Wildman–Crippen MR) is 59.5 cm³/mol. The molecule has 3 nitrogen and oxygen atoms in total. The summed E-state index contributed by atoms with van der Waals surface area (Å²) in [4.78, 5) is 14.7. The van der Waals surface area contributed by atoms with Crippen molar-refractivity contribution < 1.29 is 4.79 Å². The number of nitrogens with zero attached hydrogens (tertiary/aromatic N) is 2. The molecule has 0 aliphatic carbocycles. The molecule has 1 heterocycles. The van der Waals surface area contributed by atoms with E-state index < -0.39 is 0 Å². The summed E-state index contributed by atoms with van der Waals surface area (Å²) in [7, 11) is 1.74. The van der Waals surface area contributed by atoms with Crippen LogP contribution in [0.1, 0.15) is 0 Å². The quantitative estimate of drug-likeness (QED) is 0.674. The number of aromatic nitrogens is 1. The van der Waals surface area contributed by atoms with Crippen LogP contribution in [-0.4, -0.2) is 17.9 Å². The van der Waals surface area contributed by atoms with Crippen molar-refractivity contribution in [2.24, 2.45) is 4.99 Å². The van der Waals surface area contributed by atoms with E-state index in [-0.39, 0.29) is 0 Å². The molecule has 0 unspecified atom stereocenters. The number of carbonyl (C=O) groups is 1. The normalized spacial score (nSPS) is 11.9. The highest BCUT2D eigenvalue weighted by Gasteiger charge is 1.98. The highest BCUT2D eigenvalue weighted by molar-refractivity contribution is 5.81. The maximum absolute atomic E-state index is 10.5. The summed E-state index contributed by atoms with van der Waals surface area (Å²) in [6.07, 6.45) is 2.77. The summed E-state index contributed by atoms with van der Waals surface area (Å²) in [6, 6.07) is 10.0. The Morgan fingerprint density at radius 2 is 2.13 bits per heavy atom. The van der Waals surface area contributed by atoms with Crippen molar-refractivity contribution in [3.63, 3.8) is 0 Å². The Balaban J connectivity index is 2.82. The minimum Gasteiger partial charge on any atom is -0.326 e. The Bertz CT molecular complexity index is 555. The molecule has 1 aromatic heterocycles. The van der Waals surface area contributed by atoms with Crippen LogP contribution in [0.15, 0.2) is 41.5 Å². The van der Waals surface area contributed by atoms with E-state index in [1.54, 1.807) is 7.05 Å². The van der Waals surface area contributed by atoms with Gasteiger partial charge in [-0.3, -0.25) is 4.99 Å². The van der Waals surface area contributed by atoms with Gasteiger partial charge in [-0.15, -0.1) is 0 Å². The van der Waals surface area contributed by atoms with Crippen LogP contribution < -0.4 is 5.49 Å². The average molecular weight is 200 g/mol. The van der Waals surface area contributed by atoms with Gasteiger partial charge in [0.1, 0.15) is 11.8 Å². The van der Waals surface area contributed by atoms with E-state index in [2.05, 4.69) is 4.99 Å². The molecule has 3 heteroatoms. The number of hydrogen-bond acceptors (Lipinski definition) is 2. The first-order valence-corrected chi connectivity index (χ1v) is 4.81. The zero-order valence-electron chi connectivity index (χ0n) is 8.55. The molecule has 76 valence electrons. The fraction of sp³-hybridized carbons (Fsp3) is 0.167. The third kappa shape index (κ3) is 1.68. The van der Waals surface area contributed by atoms with Crippen LogP contribution in [0.4, 0.5) is 0 Å². The van der Waals surface area contributed by atoms with Gasteiger partial charge in [-0.25, -0.2) is 0 Å². The zero-order chi connectivity index (χ0) is 10.7. The van der Waals surface area contributed by atoms with Gasteiger partial charge in [0, 0.05) is 18.6 Å². The molecule has 0 N–H and O–H groups in total. The third-order valence-corrected chi connectivity index (χ3v) is 2.39. The summed E-state index contributed by atoms with van der Waals surface area (Å²) in [5, 5.41) is 2.21. The van der Waals surface area contributed by atoms with Crippen LogP contribution in [0.5, 0.6) is 0 Å². The number of carbonyl (C=O) groups excluding carboxylic acids is 1. The van der Waals surface area contributed by atoms with E-state index in [0.29, 0.717) is 6.54 Å². The molecule has 15 heavy (non-hydrogen) atoms. The molecular formula is C12H12N2O. The lowest BCUT2D eigenvalue weighted by Gasteiger charge is -2.05. The van der Waals surface area contributed by atoms with Crippen LogP contribution in [0.2, 0.25) is 0 Å². The van der Waals surface area contributed by atoms with Gasteiger partial charge in [-0.05, 0) is 11.5 Å². The monoisotopic (exact) mass is 200 g/mol. The molecule has 2 aromatic rings. The molecule has 0 saturated carbocycles. The number of hydrogen-bond donors (Lipinski definition) is 0. The smallest absolute Gasteiger partial charge is 0.139 e. The molecule has 0 bridgehead atoms. The molecule has 0 aliphatic rings. The van der Waals surface area contributed by atoms with Crippen molar-refractivity contribution in [2.45, 2.75) is 6.54 Å². The van der Waals surface area contributed by atoms with E-state index in [9.17, 15) is 4.79 Å². The molecule has 0 saturated heterocycles. The molecule has 0 amide bonds. The van der Waals surface area contributed by atoms with Gasteiger partial charge < -0.3 is 9.36 Å². The highest BCUT2D eigenvalue weighted by Crippen LogP contribution is 2.07. The van der Waals surface area contributed by atoms with Gasteiger partial charge in [0.05, 0.1) is 6.54 Å². The summed E-state index contributed by atoms with van der Waals surface area (Å²) in [6.45, 7) is 0.345. The average Bonchev–Trinajstić information content (AvgIpc) is 2.29. The highest BCUT2D eigenvalue weighted by atomic mass is 16.1. The van der Waals surface area contributed by atoms with Crippen molar-refractivity contribution in [1.29, 1.82) is 0 Å². The Morgan fingerprint density at radius 3 is 2.87 bits per heavy atom. The number of fused-ring (bicyclic) bond motifs is 1. The lowest BCUT2D eigenvalue weighted by molar-refractivity contribution is -0.108. The van der Waals surface area contributed by atoms with Gasteiger partial charge in [0.25, 0.3) is 0 Å². The van der Waals surface area contributed by atoms with Crippen molar-refractivity contribution in [1.82, 2.24) is 4.57 Å². The zero-order valence-corrected chi connectivity index (χ0v) is 8.55. The van der Waals surface area contributed by atoms with Crippen LogP contribution >= 0.6 is 0 Å². The number of benzene rings is 1. The van der Waals surface area contributed by atoms with Crippen LogP contribution in [0.25, 0.3) is 10.8 Å². The van der Waals surface area contributed by atoms with Crippen LogP contribution in [-0.2, 0) is 11.3 Å². The third-order valence-electron chi connectivity index (χ3n) is 2.39. The SMILES string of the molecule is CN=c1c2ccccc2ccn1CC=O. The summed E-state index contributed by atoms with van der Waals surface area (Å²) in [5.41, 5.74) is 0.847. The second-order valence-electron chi connectivity index (χ2n) is 3.27. The number of rotatable bonds is 2. The largest absolute Gasteiger partial charge is 0.326 e. The number of aldehydes is 1. The van der Waals surface area contributed by atoms with Gasteiger partial charge >= 0.3 is 0 Å². The van der Waals surface area contributed by atoms with E-state index in [0.717, 1.165) is 22.5 Å². The molecule has 0 radical (unpaired) electrons. The van der Waals surface area contributed by atoms with Crippen molar-refractivity contribution in [2.75, 3.05) is 7.05 Å². The first-order valence-electron chi connectivity index (χ1n) is 4.81. The maximum Gasteiger partial charge on any atom is 0.139 e. The Morgan fingerprint density at radius 1 is 1.33 bits per heavy atom. The number of pyridine rings is 1. The molecule has 0 spiro atoms. The fourth-order valence-corrected chi connectivity index (χ4v) is 1.72. The van der Waals surface area contributed by atoms with Crippen molar-refractivity contribution >= 4 is 17.1 Å². The lowest BCUT2D eigenvalue weighted by Crippen LogP contribution is -2.21. The van der Waals surface area contributed by atoms with E-state index in [1.807, 2.05) is 41.1 Å². The summed E-state index contributed by atoms with van der Waals surface area (Å²) >= 11 is 0. The van der Waals surface area contributed by atoms with E-state index >= 15 is 0 Å². The van der Waals surface area contributed by atoms with Crippen LogP contribution in [0.3, 0.4) is 0 Å². The van der Waals surface area contributed by atoms with Gasteiger partial charge in [-0.1, -0.05) is 24.3 Å². The summed E-state index contributed by atoms with van der Waals surface area (Å²) < 4.78 is 1.84. The molecule has 1 aromatic carbocycles. The fourth-order valence-electron chi connectivity index (χ4n) is 1.72. The van der Waals surface area contributed by atoms with Gasteiger partial charge in [0.2, 0.25) is 0 Å². The first-order chi connectivity index (χ1) is 7.36. The maximum atomic E-state index is 10.5. The standard InChI is InChI=1S/C12H12N2O/c1-13-12-11-5-3-2-4-10(11)6-7-14(12)8-9-15/h2-7,9H,8H2,1H3. The van der Waals surface area contributed by atoms with Gasteiger partial charge in [0.15, 0.2) is 0 Å². The summed E-state index contributed by atoms with van der Waals surface area (Å²) in [5.74, 6) is 0. The lowest BCUT2D eigenvalue weighted by atomic mass is 10.2. The molecule has 0 atom stereocenters. The molecule has 0 fully saturated rings. The van der Waals surface area contributed by atoms with Gasteiger partial charge in [-0.2, -0.15) is 0 Å². The van der Waals surface area contributed by atoms with Crippen LogP contribution in [0, 0.1) is 0 Å². The van der Waals surface area contributed by atoms with Crippen molar-refractivity contribution in [3.8, 4) is 0 Å². The van der Waals surface area contributed by atoms with Crippen molar-refractivity contribution in [3.05, 3.63) is 42.0 Å². The molecular weight excluding hydrogens is 188 g/mol. The Labute approximate surface area is 87.7 Å². The second-order valence-corrected chi connectivity index (χ2v) is 3.27.